The molecule has 0 aromatic heterocycles. The van der Waals surface area contributed by atoms with Gasteiger partial charge < -0.3 is 15.0 Å². The molecule has 2 heterocycles. The Hall–Kier alpha value is -2.95. The third-order valence-corrected chi connectivity index (χ3v) is 10.5. The number of carbonyl (C=O) groups is 2. The van der Waals surface area contributed by atoms with E-state index in [2.05, 4.69) is 10.2 Å². The molecule has 0 radical (unpaired) electrons. The van der Waals surface area contributed by atoms with Gasteiger partial charge in [-0.2, -0.15) is 0 Å². The fourth-order valence-corrected chi connectivity index (χ4v) is 7.66. The molecule has 10 heteroatoms. The molecule has 1 aliphatic carbocycles. The van der Waals surface area contributed by atoms with Crippen molar-refractivity contribution in [2.75, 3.05) is 18.1 Å². The summed E-state index contributed by atoms with van der Waals surface area (Å²) in [5.74, 6) is -1.37. The lowest BCUT2D eigenvalue weighted by molar-refractivity contribution is -0.134. The second-order valence-corrected chi connectivity index (χ2v) is 13.5. The van der Waals surface area contributed by atoms with E-state index in [1.165, 1.54) is 0 Å². The predicted octanol–water partition coefficient (Wildman–Crippen LogP) is 2.82. The Bertz CT molecular complexity index is 1300. The molecular weight excluding hydrogens is 494 g/mol. The number of benzene rings is 2. The second kappa shape index (κ2) is 9.41. The summed E-state index contributed by atoms with van der Waals surface area (Å²) < 4.78 is 31.1. The van der Waals surface area contributed by atoms with Gasteiger partial charge in [0.1, 0.15) is 0 Å². The number of ether oxygens (including phenoxy) is 1. The van der Waals surface area contributed by atoms with Gasteiger partial charge in [0.25, 0.3) is 5.91 Å². The number of para-hydroxylation sites is 1. The first-order chi connectivity index (χ1) is 17.6. The Balaban J connectivity index is 1.30. The lowest BCUT2D eigenvalue weighted by Crippen LogP contribution is -2.48. The lowest BCUT2D eigenvalue weighted by atomic mass is 9.96. The van der Waals surface area contributed by atoms with Gasteiger partial charge in [-0.3, -0.25) is 14.8 Å². The van der Waals surface area contributed by atoms with E-state index in [4.69, 9.17) is 4.74 Å². The Kier molecular flexibility index (Phi) is 6.54. The number of fused-ring (bicyclic) bond motifs is 1. The largest absolute Gasteiger partial charge is 0.375 e. The summed E-state index contributed by atoms with van der Waals surface area (Å²) in [7, 11) is -3.44. The molecule has 2 amide bonds. The average molecular weight is 528 g/mol. The zero-order valence-electron chi connectivity index (χ0n) is 21.1. The Morgan fingerprint density at radius 2 is 1.84 bits per heavy atom. The highest BCUT2D eigenvalue weighted by atomic mass is 32.2. The van der Waals surface area contributed by atoms with Crippen molar-refractivity contribution in [1.29, 1.82) is 0 Å². The molecule has 3 atom stereocenters. The number of hydrogen-bond acceptors (Lipinski definition) is 7. The molecule has 2 fully saturated rings. The van der Waals surface area contributed by atoms with Crippen LogP contribution in [-0.2, 0) is 25.9 Å². The van der Waals surface area contributed by atoms with Gasteiger partial charge in [0, 0.05) is 31.3 Å². The summed E-state index contributed by atoms with van der Waals surface area (Å²) in [6.45, 7) is 4.98. The molecular formula is C27H33N3O6S. The number of carbonyl (C=O) groups excluding carboxylic acids is 2. The van der Waals surface area contributed by atoms with Gasteiger partial charge in [-0.1, -0.05) is 24.3 Å². The van der Waals surface area contributed by atoms with Crippen molar-refractivity contribution in [3.63, 3.8) is 0 Å². The minimum atomic E-state index is -3.44. The molecule has 1 saturated heterocycles. The van der Waals surface area contributed by atoms with Gasteiger partial charge in [0.05, 0.1) is 26.8 Å². The zero-order chi connectivity index (χ0) is 26.4. The van der Waals surface area contributed by atoms with Gasteiger partial charge in [-0.25, -0.2) is 13.9 Å². The molecule has 0 bridgehead atoms. The Morgan fingerprint density at radius 3 is 2.51 bits per heavy atom. The Labute approximate surface area is 217 Å². The summed E-state index contributed by atoms with van der Waals surface area (Å²) in [6, 6.07) is 13.8. The van der Waals surface area contributed by atoms with E-state index < -0.39 is 38.1 Å². The van der Waals surface area contributed by atoms with Gasteiger partial charge in [-0.05, 0) is 69.4 Å². The van der Waals surface area contributed by atoms with Crippen LogP contribution in [-0.4, -0.2) is 55.0 Å². The number of hydroxylamine groups is 1. The van der Waals surface area contributed by atoms with E-state index in [9.17, 15) is 23.2 Å². The molecule has 2 aliphatic heterocycles. The van der Waals surface area contributed by atoms with Crippen LogP contribution in [0.3, 0.4) is 0 Å². The predicted molar refractivity (Wildman–Crippen MR) is 137 cm³/mol. The highest BCUT2D eigenvalue weighted by molar-refractivity contribution is 7.93. The van der Waals surface area contributed by atoms with Crippen LogP contribution in [0.4, 0.5) is 5.69 Å². The smallest absolute Gasteiger partial charge is 0.251 e. The summed E-state index contributed by atoms with van der Waals surface area (Å²) in [5.41, 5.74) is 3.39. The van der Waals surface area contributed by atoms with E-state index >= 15 is 0 Å². The first-order valence-electron chi connectivity index (χ1n) is 12.6. The fourth-order valence-electron chi connectivity index (χ4n) is 6.00. The summed E-state index contributed by atoms with van der Waals surface area (Å²) >= 11 is 0. The summed E-state index contributed by atoms with van der Waals surface area (Å²) in [5, 5.41) is 12.2. The lowest BCUT2D eigenvalue weighted by Gasteiger charge is -2.40. The molecule has 9 nitrogen and oxygen atoms in total. The van der Waals surface area contributed by atoms with Crippen molar-refractivity contribution in [2.45, 2.75) is 67.4 Å². The van der Waals surface area contributed by atoms with Gasteiger partial charge in [-0.15, -0.1) is 0 Å². The SMILES string of the molecule is CC1(C)CN(Cc2ccc(C(=O)N[C@@H]3C[C@@]4(CCCO4)C[C@@H]3C(=O)NO)cc2)c2ccccc2S1(=O)=O. The maximum atomic E-state index is 13.1. The molecule has 2 aromatic carbocycles. The summed E-state index contributed by atoms with van der Waals surface area (Å²) in [4.78, 5) is 27.7. The molecule has 2 aromatic rings. The maximum Gasteiger partial charge on any atom is 0.251 e. The molecule has 3 N–H and O–H groups in total. The summed E-state index contributed by atoms with van der Waals surface area (Å²) in [6.07, 6.45) is 2.75. The first-order valence-corrected chi connectivity index (χ1v) is 14.1. The van der Waals surface area contributed by atoms with E-state index in [1.54, 1.807) is 43.6 Å². The maximum absolute atomic E-state index is 13.1. The number of nitrogens with one attached hydrogen (secondary N) is 2. The molecule has 37 heavy (non-hydrogen) atoms. The van der Waals surface area contributed by atoms with E-state index in [0.717, 1.165) is 18.4 Å². The van der Waals surface area contributed by atoms with Crippen LogP contribution in [0.1, 0.15) is 55.5 Å². The first kappa shape index (κ1) is 25.7. The van der Waals surface area contributed by atoms with Crippen LogP contribution >= 0.6 is 0 Å². The van der Waals surface area contributed by atoms with E-state index in [1.807, 2.05) is 24.3 Å². The van der Waals surface area contributed by atoms with Crippen molar-refractivity contribution < 1.29 is 28.0 Å². The number of nitrogens with zero attached hydrogens (tertiary/aromatic N) is 1. The zero-order valence-corrected chi connectivity index (χ0v) is 21.9. The number of sulfone groups is 1. The molecule has 0 unspecified atom stereocenters. The molecule has 1 spiro atoms. The molecule has 1 saturated carbocycles. The van der Waals surface area contributed by atoms with E-state index in [0.29, 0.717) is 48.7 Å². The van der Waals surface area contributed by atoms with Crippen molar-refractivity contribution >= 4 is 27.3 Å². The van der Waals surface area contributed by atoms with Crippen molar-refractivity contribution in [2.24, 2.45) is 5.92 Å². The third-order valence-electron chi connectivity index (χ3n) is 8.00. The number of hydrogen-bond donors (Lipinski definition) is 3. The third kappa shape index (κ3) is 4.62. The molecule has 198 valence electrons. The minimum absolute atomic E-state index is 0.294. The number of amides is 2. The standard InChI is InChI=1S/C27H33N3O6S/c1-26(2)17-30(22-6-3-4-7-23(22)37(26,34)35)16-18-8-10-19(11-9-18)24(31)28-21-15-27(12-5-13-36-27)14-20(21)25(32)29-33/h3-4,6-11,20-21,33H,5,12-17H2,1-2H3,(H,28,31)(H,29,32)/t20-,21+,27+/m0/s1. The normalized spacial score (nSPS) is 27.6. The number of rotatable bonds is 5. The van der Waals surface area contributed by atoms with Crippen LogP contribution in [0.2, 0.25) is 0 Å². The second-order valence-electron chi connectivity index (χ2n) is 11.0. The van der Waals surface area contributed by atoms with Crippen molar-refractivity contribution in [3.8, 4) is 0 Å². The highest BCUT2D eigenvalue weighted by Gasteiger charge is 2.51. The van der Waals surface area contributed by atoms with Crippen LogP contribution in [0.25, 0.3) is 0 Å². The number of anilines is 1. The average Bonchev–Trinajstić information content (AvgIpc) is 3.48. The van der Waals surface area contributed by atoms with Crippen LogP contribution in [0, 0.1) is 5.92 Å². The van der Waals surface area contributed by atoms with Crippen LogP contribution in [0.5, 0.6) is 0 Å². The minimum Gasteiger partial charge on any atom is -0.375 e. The topological polar surface area (TPSA) is 125 Å². The van der Waals surface area contributed by atoms with Gasteiger partial charge in [0.15, 0.2) is 9.84 Å². The van der Waals surface area contributed by atoms with Crippen molar-refractivity contribution in [3.05, 3.63) is 59.7 Å². The molecule has 3 aliphatic rings. The van der Waals surface area contributed by atoms with Gasteiger partial charge in [0.2, 0.25) is 5.91 Å². The van der Waals surface area contributed by atoms with E-state index in [-0.39, 0.29) is 5.91 Å². The fraction of sp³-hybridized carbons (Fsp3) is 0.481. The highest BCUT2D eigenvalue weighted by Crippen LogP contribution is 2.44. The van der Waals surface area contributed by atoms with Crippen LogP contribution in [0.15, 0.2) is 53.4 Å². The molecule has 5 rings (SSSR count). The monoisotopic (exact) mass is 527 g/mol. The van der Waals surface area contributed by atoms with Gasteiger partial charge >= 0.3 is 0 Å². The Morgan fingerprint density at radius 1 is 1.11 bits per heavy atom. The van der Waals surface area contributed by atoms with Crippen molar-refractivity contribution in [1.82, 2.24) is 10.8 Å². The van der Waals surface area contributed by atoms with Crippen LogP contribution < -0.4 is 15.7 Å². The quantitative estimate of drug-likeness (QED) is 0.403.